The molecule has 0 aromatic heterocycles. The summed E-state index contributed by atoms with van der Waals surface area (Å²) < 4.78 is 0. The van der Waals surface area contributed by atoms with Gasteiger partial charge in [0.05, 0.1) is 16.3 Å². The van der Waals surface area contributed by atoms with Crippen molar-refractivity contribution in [2.75, 3.05) is 5.32 Å². The molecule has 20 heavy (non-hydrogen) atoms. The maximum absolute atomic E-state index is 12.4. The van der Waals surface area contributed by atoms with Gasteiger partial charge in [-0.3, -0.25) is 4.79 Å². The lowest BCUT2D eigenvalue weighted by atomic mass is 9.75. The molecule has 1 aromatic carbocycles. The molecule has 1 aromatic rings. The number of hydrogen-bond acceptors (Lipinski definition) is 2. The number of carbonyl (C=O) groups is 2. The van der Waals surface area contributed by atoms with E-state index in [2.05, 4.69) is 5.32 Å². The molecule has 0 heterocycles. The third-order valence-electron chi connectivity index (χ3n) is 3.97. The lowest BCUT2D eigenvalue weighted by Gasteiger charge is -2.32. The molecule has 0 unspecified atom stereocenters. The first kappa shape index (κ1) is 14.9. The fourth-order valence-electron chi connectivity index (χ4n) is 2.58. The van der Waals surface area contributed by atoms with Gasteiger partial charge in [0.25, 0.3) is 0 Å². The van der Waals surface area contributed by atoms with Crippen LogP contribution in [0.25, 0.3) is 0 Å². The van der Waals surface area contributed by atoms with E-state index in [4.69, 9.17) is 16.7 Å². The van der Waals surface area contributed by atoms with Crippen LogP contribution in [0.15, 0.2) is 18.2 Å². The van der Waals surface area contributed by atoms with Gasteiger partial charge >= 0.3 is 5.97 Å². The summed E-state index contributed by atoms with van der Waals surface area (Å²) in [6, 6.07) is 4.33. The zero-order valence-electron chi connectivity index (χ0n) is 11.4. The molecule has 0 radical (unpaired) electrons. The summed E-state index contributed by atoms with van der Waals surface area (Å²) in [7, 11) is 0. The van der Waals surface area contributed by atoms with E-state index < -0.39 is 5.97 Å². The molecular formula is C15H18ClNO3. The first-order chi connectivity index (χ1) is 9.42. The van der Waals surface area contributed by atoms with Gasteiger partial charge in [0.1, 0.15) is 0 Å². The van der Waals surface area contributed by atoms with Crippen LogP contribution in [-0.2, 0) is 4.79 Å². The Labute approximate surface area is 123 Å². The molecule has 108 valence electrons. The summed E-state index contributed by atoms with van der Waals surface area (Å²) >= 11 is 6.02. The van der Waals surface area contributed by atoms with E-state index >= 15 is 0 Å². The second-order valence-corrected chi connectivity index (χ2v) is 5.98. The van der Waals surface area contributed by atoms with Crippen LogP contribution >= 0.6 is 11.6 Å². The molecule has 0 saturated heterocycles. The Hall–Kier alpha value is -1.55. The molecule has 1 aliphatic carbocycles. The molecule has 1 aliphatic rings. The summed E-state index contributed by atoms with van der Waals surface area (Å²) in [5.74, 6) is -1.08. The number of carboxylic acids is 1. The third-order valence-corrected chi connectivity index (χ3v) is 4.28. The molecule has 1 amide bonds. The number of hydrogen-bond donors (Lipinski definition) is 2. The molecule has 0 spiro atoms. The van der Waals surface area contributed by atoms with Crippen LogP contribution in [0, 0.1) is 5.41 Å². The fraction of sp³-hybridized carbons (Fsp3) is 0.467. The van der Waals surface area contributed by atoms with Gasteiger partial charge in [-0.15, -0.1) is 0 Å². The molecule has 1 fully saturated rings. The Morgan fingerprint density at radius 2 is 1.90 bits per heavy atom. The van der Waals surface area contributed by atoms with Gasteiger partial charge in [0.15, 0.2) is 0 Å². The molecule has 5 heteroatoms. The molecular weight excluding hydrogens is 278 g/mol. The quantitative estimate of drug-likeness (QED) is 0.887. The lowest BCUT2D eigenvalue weighted by Crippen LogP contribution is -2.35. The maximum Gasteiger partial charge on any atom is 0.335 e. The van der Waals surface area contributed by atoms with E-state index in [-0.39, 0.29) is 21.9 Å². The van der Waals surface area contributed by atoms with Gasteiger partial charge in [-0.2, -0.15) is 0 Å². The van der Waals surface area contributed by atoms with E-state index in [0.29, 0.717) is 5.69 Å². The number of rotatable bonds is 3. The second kappa shape index (κ2) is 5.83. The molecule has 2 N–H and O–H groups in total. The zero-order chi connectivity index (χ0) is 14.8. The van der Waals surface area contributed by atoms with Crippen molar-refractivity contribution in [3.8, 4) is 0 Å². The molecule has 0 atom stereocenters. The predicted octanol–water partition coefficient (Wildman–Crippen LogP) is 3.95. The van der Waals surface area contributed by atoms with Crippen molar-refractivity contribution in [2.24, 2.45) is 5.41 Å². The predicted molar refractivity (Wildman–Crippen MR) is 78.2 cm³/mol. The van der Waals surface area contributed by atoms with Crippen molar-refractivity contribution in [3.05, 3.63) is 28.8 Å². The minimum Gasteiger partial charge on any atom is -0.478 e. The molecule has 4 nitrogen and oxygen atoms in total. The number of carbonyl (C=O) groups excluding carboxylic acids is 1. The van der Waals surface area contributed by atoms with E-state index in [1.807, 2.05) is 6.92 Å². The number of aromatic carboxylic acids is 1. The zero-order valence-corrected chi connectivity index (χ0v) is 12.2. The number of carboxylic acid groups (broad SMARTS) is 1. The van der Waals surface area contributed by atoms with Gasteiger partial charge in [-0.05, 0) is 31.0 Å². The SMILES string of the molecule is CC1(C(=O)Nc2ccc(C(=O)O)cc2Cl)CCCCC1. The average Bonchev–Trinajstić information content (AvgIpc) is 2.41. The van der Waals surface area contributed by atoms with Crippen LogP contribution in [0.2, 0.25) is 5.02 Å². The van der Waals surface area contributed by atoms with Crippen molar-refractivity contribution in [3.63, 3.8) is 0 Å². The fourth-order valence-corrected chi connectivity index (χ4v) is 2.81. The van der Waals surface area contributed by atoms with Crippen molar-refractivity contribution in [1.82, 2.24) is 0 Å². The van der Waals surface area contributed by atoms with Crippen LogP contribution in [0.3, 0.4) is 0 Å². The maximum atomic E-state index is 12.4. The summed E-state index contributed by atoms with van der Waals surface area (Å²) in [4.78, 5) is 23.2. The number of benzene rings is 1. The molecule has 0 aliphatic heterocycles. The molecule has 1 saturated carbocycles. The Kier molecular flexibility index (Phi) is 4.33. The van der Waals surface area contributed by atoms with E-state index in [0.717, 1.165) is 25.7 Å². The number of halogens is 1. The van der Waals surface area contributed by atoms with Crippen molar-refractivity contribution in [2.45, 2.75) is 39.0 Å². The van der Waals surface area contributed by atoms with Gasteiger partial charge in [-0.25, -0.2) is 4.79 Å². The highest BCUT2D eigenvalue weighted by molar-refractivity contribution is 6.34. The largest absolute Gasteiger partial charge is 0.478 e. The van der Waals surface area contributed by atoms with Crippen molar-refractivity contribution >= 4 is 29.2 Å². The highest BCUT2D eigenvalue weighted by atomic mass is 35.5. The standard InChI is InChI=1S/C15H18ClNO3/c1-15(7-3-2-4-8-15)14(20)17-12-6-5-10(13(18)19)9-11(12)16/h5-6,9H,2-4,7-8H2,1H3,(H,17,20)(H,18,19). The van der Waals surface area contributed by atoms with Gasteiger partial charge < -0.3 is 10.4 Å². The first-order valence-corrected chi connectivity index (χ1v) is 7.14. The van der Waals surface area contributed by atoms with E-state index in [1.165, 1.54) is 24.6 Å². The Balaban J connectivity index is 2.13. The highest BCUT2D eigenvalue weighted by Crippen LogP contribution is 2.37. The van der Waals surface area contributed by atoms with E-state index in [1.54, 1.807) is 0 Å². The summed E-state index contributed by atoms with van der Waals surface area (Å²) in [6.07, 6.45) is 5.06. The second-order valence-electron chi connectivity index (χ2n) is 5.58. The smallest absolute Gasteiger partial charge is 0.335 e. The van der Waals surface area contributed by atoms with Crippen molar-refractivity contribution < 1.29 is 14.7 Å². The average molecular weight is 296 g/mol. The van der Waals surface area contributed by atoms with Gasteiger partial charge in [0, 0.05) is 5.41 Å². The molecule has 0 bridgehead atoms. The number of amides is 1. The molecule has 2 rings (SSSR count). The third kappa shape index (κ3) is 3.12. The Morgan fingerprint density at radius 3 is 2.45 bits per heavy atom. The van der Waals surface area contributed by atoms with Crippen LogP contribution in [0.1, 0.15) is 49.4 Å². The van der Waals surface area contributed by atoms with Gasteiger partial charge in [0.2, 0.25) is 5.91 Å². The number of nitrogens with one attached hydrogen (secondary N) is 1. The summed E-state index contributed by atoms with van der Waals surface area (Å²) in [6.45, 7) is 1.97. The van der Waals surface area contributed by atoms with E-state index in [9.17, 15) is 9.59 Å². The number of anilines is 1. The van der Waals surface area contributed by atoms with Crippen molar-refractivity contribution in [1.29, 1.82) is 0 Å². The highest BCUT2D eigenvalue weighted by Gasteiger charge is 2.34. The monoisotopic (exact) mass is 295 g/mol. The minimum absolute atomic E-state index is 0.0397. The minimum atomic E-state index is -1.04. The summed E-state index contributed by atoms with van der Waals surface area (Å²) in [5.41, 5.74) is 0.220. The van der Waals surface area contributed by atoms with Crippen LogP contribution < -0.4 is 5.32 Å². The normalized spacial score (nSPS) is 17.5. The van der Waals surface area contributed by atoms with Crippen LogP contribution in [0.5, 0.6) is 0 Å². The summed E-state index contributed by atoms with van der Waals surface area (Å²) in [5, 5.41) is 12.0. The Morgan fingerprint density at radius 1 is 1.25 bits per heavy atom. The van der Waals surface area contributed by atoms with Crippen LogP contribution in [0.4, 0.5) is 5.69 Å². The topological polar surface area (TPSA) is 66.4 Å². The first-order valence-electron chi connectivity index (χ1n) is 6.77. The Bertz CT molecular complexity index is 536. The van der Waals surface area contributed by atoms with Crippen LogP contribution in [-0.4, -0.2) is 17.0 Å². The van der Waals surface area contributed by atoms with Gasteiger partial charge in [-0.1, -0.05) is 37.8 Å². The lowest BCUT2D eigenvalue weighted by molar-refractivity contribution is -0.126.